The highest BCUT2D eigenvalue weighted by molar-refractivity contribution is 6.31. The highest BCUT2D eigenvalue weighted by Crippen LogP contribution is 2.28. The van der Waals surface area contributed by atoms with E-state index in [9.17, 15) is 4.79 Å². The molecule has 1 aliphatic heterocycles. The van der Waals surface area contributed by atoms with E-state index in [1.54, 1.807) is 0 Å². The van der Waals surface area contributed by atoms with E-state index >= 15 is 0 Å². The Balaban J connectivity index is 1.92. The van der Waals surface area contributed by atoms with Crippen molar-refractivity contribution in [1.82, 2.24) is 16.2 Å². The number of amides is 1. The molecule has 0 spiro atoms. The third-order valence-corrected chi connectivity index (χ3v) is 3.56. The SMILES string of the molecule is CC(C)(N)CNC(=O)C1CC(c2ccccc2Cl)NN1. The highest BCUT2D eigenvalue weighted by Gasteiger charge is 2.31. The summed E-state index contributed by atoms with van der Waals surface area (Å²) in [6.07, 6.45) is 0.653. The molecule has 5 nitrogen and oxygen atoms in total. The molecule has 0 aliphatic carbocycles. The summed E-state index contributed by atoms with van der Waals surface area (Å²) in [6, 6.07) is 7.40. The van der Waals surface area contributed by atoms with Gasteiger partial charge in [-0.05, 0) is 31.9 Å². The number of hydrogen-bond acceptors (Lipinski definition) is 4. The van der Waals surface area contributed by atoms with Gasteiger partial charge in [0.25, 0.3) is 0 Å². The zero-order valence-corrected chi connectivity index (χ0v) is 12.5. The van der Waals surface area contributed by atoms with Gasteiger partial charge in [-0.2, -0.15) is 0 Å². The molecule has 110 valence electrons. The molecule has 2 unspecified atom stereocenters. The predicted molar refractivity (Wildman–Crippen MR) is 80.1 cm³/mol. The number of hydrogen-bond donors (Lipinski definition) is 4. The second-order valence-corrected chi connectivity index (χ2v) is 6.26. The summed E-state index contributed by atoms with van der Waals surface area (Å²) < 4.78 is 0. The number of carbonyl (C=O) groups is 1. The molecule has 0 aromatic heterocycles. The van der Waals surface area contributed by atoms with Gasteiger partial charge in [-0.15, -0.1) is 0 Å². The summed E-state index contributed by atoms with van der Waals surface area (Å²) in [6.45, 7) is 4.20. The molecule has 1 saturated heterocycles. The van der Waals surface area contributed by atoms with Crippen molar-refractivity contribution in [2.45, 2.75) is 37.9 Å². The lowest BCUT2D eigenvalue weighted by atomic mass is 10.0. The first kappa shape index (κ1) is 15.3. The summed E-state index contributed by atoms with van der Waals surface area (Å²) in [4.78, 5) is 12.1. The van der Waals surface area contributed by atoms with Crippen molar-refractivity contribution in [2.24, 2.45) is 5.73 Å². The molecule has 6 heteroatoms. The van der Waals surface area contributed by atoms with Gasteiger partial charge in [0.05, 0.1) is 0 Å². The lowest BCUT2D eigenvalue weighted by Gasteiger charge is -2.20. The maximum Gasteiger partial charge on any atom is 0.238 e. The number of rotatable bonds is 4. The van der Waals surface area contributed by atoms with Crippen molar-refractivity contribution >= 4 is 17.5 Å². The van der Waals surface area contributed by atoms with Crippen molar-refractivity contribution in [1.29, 1.82) is 0 Å². The van der Waals surface area contributed by atoms with Gasteiger partial charge >= 0.3 is 0 Å². The minimum Gasteiger partial charge on any atom is -0.353 e. The fourth-order valence-corrected chi connectivity index (χ4v) is 2.40. The normalized spacial score (nSPS) is 22.8. The van der Waals surface area contributed by atoms with Crippen LogP contribution >= 0.6 is 11.6 Å². The Kier molecular flexibility index (Phi) is 4.65. The van der Waals surface area contributed by atoms with E-state index in [0.29, 0.717) is 18.0 Å². The van der Waals surface area contributed by atoms with Crippen molar-refractivity contribution in [2.75, 3.05) is 6.54 Å². The van der Waals surface area contributed by atoms with Crippen LogP contribution in [-0.4, -0.2) is 24.0 Å². The van der Waals surface area contributed by atoms with Crippen LogP contribution in [0.25, 0.3) is 0 Å². The molecule has 0 saturated carbocycles. The molecule has 2 atom stereocenters. The van der Waals surface area contributed by atoms with E-state index in [-0.39, 0.29) is 18.0 Å². The van der Waals surface area contributed by atoms with Gasteiger partial charge in [-0.1, -0.05) is 29.8 Å². The van der Waals surface area contributed by atoms with Gasteiger partial charge in [-0.25, -0.2) is 10.9 Å². The standard InChI is InChI=1S/C14H21ClN4O/c1-14(2,16)8-17-13(20)12-7-11(18-19-12)9-5-3-4-6-10(9)15/h3-6,11-12,18-19H,7-8,16H2,1-2H3,(H,17,20). The van der Waals surface area contributed by atoms with Crippen LogP contribution in [0.2, 0.25) is 5.02 Å². The van der Waals surface area contributed by atoms with E-state index < -0.39 is 5.54 Å². The molecule has 0 bridgehead atoms. The van der Waals surface area contributed by atoms with Gasteiger partial charge in [0.15, 0.2) is 0 Å². The summed E-state index contributed by atoms with van der Waals surface area (Å²) in [7, 11) is 0. The molecule has 1 amide bonds. The molecule has 1 fully saturated rings. The van der Waals surface area contributed by atoms with Crippen molar-refractivity contribution in [3.63, 3.8) is 0 Å². The zero-order chi connectivity index (χ0) is 14.8. The molecule has 5 N–H and O–H groups in total. The number of benzene rings is 1. The van der Waals surface area contributed by atoms with E-state index in [1.807, 2.05) is 38.1 Å². The number of nitrogens with one attached hydrogen (secondary N) is 3. The Hall–Kier alpha value is -1.14. The first-order valence-electron chi connectivity index (χ1n) is 6.69. The summed E-state index contributed by atoms with van der Waals surface area (Å²) in [5.74, 6) is -0.0504. The van der Waals surface area contributed by atoms with Crippen LogP contribution in [0.5, 0.6) is 0 Å². The Labute approximate surface area is 124 Å². The van der Waals surface area contributed by atoms with Crippen LogP contribution in [-0.2, 0) is 4.79 Å². The third-order valence-electron chi connectivity index (χ3n) is 3.22. The number of hydrazine groups is 1. The number of nitrogens with two attached hydrogens (primary N) is 1. The highest BCUT2D eigenvalue weighted by atomic mass is 35.5. The molecule has 1 heterocycles. The fraction of sp³-hybridized carbons (Fsp3) is 0.500. The summed E-state index contributed by atoms with van der Waals surface area (Å²) in [5.41, 5.74) is 12.6. The summed E-state index contributed by atoms with van der Waals surface area (Å²) >= 11 is 6.17. The topological polar surface area (TPSA) is 79.2 Å². The Bertz CT molecular complexity index is 486. The first-order valence-corrected chi connectivity index (χ1v) is 7.07. The van der Waals surface area contributed by atoms with Crippen molar-refractivity contribution in [3.8, 4) is 0 Å². The van der Waals surface area contributed by atoms with Gasteiger partial charge in [0.1, 0.15) is 6.04 Å². The second kappa shape index (κ2) is 6.10. The maximum atomic E-state index is 12.1. The number of halogens is 1. The monoisotopic (exact) mass is 296 g/mol. The van der Waals surface area contributed by atoms with Crippen molar-refractivity contribution < 1.29 is 4.79 Å². The average Bonchev–Trinajstić information content (AvgIpc) is 2.85. The molecular formula is C14H21ClN4O. The van der Waals surface area contributed by atoms with Crippen LogP contribution in [0.3, 0.4) is 0 Å². The van der Waals surface area contributed by atoms with Crippen LogP contribution in [0.15, 0.2) is 24.3 Å². The Morgan fingerprint density at radius 2 is 2.15 bits per heavy atom. The zero-order valence-electron chi connectivity index (χ0n) is 11.7. The van der Waals surface area contributed by atoms with E-state index in [4.69, 9.17) is 17.3 Å². The lowest BCUT2D eigenvalue weighted by molar-refractivity contribution is -0.123. The minimum atomic E-state index is -0.413. The largest absolute Gasteiger partial charge is 0.353 e. The van der Waals surface area contributed by atoms with Gasteiger partial charge < -0.3 is 11.1 Å². The lowest BCUT2D eigenvalue weighted by Crippen LogP contribution is -2.50. The van der Waals surface area contributed by atoms with Crippen LogP contribution < -0.4 is 21.9 Å². The molecule has 20 heavy (non-hydrogen) atoms. The Morgan fingerprint density at radius 3 is 2.80 bits per heavy atom. The maximum absolute atomic E-state index is 12.1. The van der Waals surface area contributed by atoms with E-state index in [2.05, 4.69) is 16.2 Å². The second-order valence-electron chi connectivity index (χ2n) is 5.86. The molecule has 1 aromatic rings. The quantitative estimate of drug-likeness (QED) is 0.671. The molecular weight excluding hydrogens is 276 g/mol. The van der Waals surface area contributed by atoms with Gasteiger partial charge in [0, 0.05) is 23.1 Å². The van der Waals surface area contributed by atoms with Gasteiger partial charge in [-0.3, -0.25) is 4.79 Å². The third kappa shape index (κ3) is 3.93. The van der Waals surface area contributed by atoms with Crippen molar-refractivity contribution in [3.05, 3.63) is 34.9 Å². The average molecular weight is 297 g/mol. The molecule has 0 radical (unpaired) electrons. The fourth-order valence-electron chi connectivity index (χ4n) is 2.13. The smallest absolute Gasteiger partial charge is 0.238 e. The van der Waals surface area contributed by atoms with Crippen LogP contribution in [0.4, 0.5) is 0 Å². The summed E-state index contributed by atoms with van der Waals surface area (Å²) in [5, 5.41) is 3.56. The van der Waals surface area contributed by atoms with Crippen LogP contribution in [0.1, 0.15) is 31.9 Å². The minimum absolute atomic E-state index is 0.0327. The predicted octanol–water partition coefficient (Wildman–Crippen LogP) is 1.10. The number of carbonyl (C=O) groups excluding carboxylic acids is 1. The molecule has 1 aliphatic rings. The first-order chi connectivity index (χ1) is 9.37. The Morgan fingerprint density at radius 1 is 1.45 bits per heavy atom. The van der Waals surface area contributed by atoms with E-state index in [0.717, 1.165) is 5.56 Å². The van der Waals surface area contributed by atoms with E-state index in [1.165, 1.54) is 0 Å². The molecule has 2 rings (SSSR count). The molecule has 1 aromatic carbocycles. The van der Waals surface area contributed by atoms with Gasteiger partial charge in [0.2, 0.25) is 5.91 Å². The van der Waals surface area contributed by atoms with Crippen LogP contribution in [0, 0.1) is 0 Å².